The number of methoxy groups -OCH3 is 1. The van der Waals surface area contributed by atoms with Crippen LogP contribution in [0.5, 0.6) is 5.75 Å². The molecule has 1 aromatic carbocycles. The number of hydrogen-bond donors (Lipinski definition) is 2. The molecule has 2 N–H and O–H groups in total. The molecule has 6 nitrogen and oxygen atoms in total. The number of hydrogen-bond acceptors (Lipinski definition) is 4. The smallest absolute Gasteiger partial charge is 0.329 e. The SMILES string of the molecule is COc1cccc(NC(=O)C(=O)NN=C2CCCCC2)c1. The summed E-state index contributed by atoms with van der Waals surface area (Å²) in [5.41, 5.74) is 3.75. The van der Waals surface area contributed by atoms with Crippen molar-refractivity contribution in [3.05, 3.63) is 24.3 Å². The average molecular weight is 289 g/mol. The molecule has 1 aliphatic rings. The monoisotopic (exact) mass is 289 g/mol. The van der Waals surface area contributed by atoms with Crippen LogP contribution < -0.4 is 15.5 Å². The number of anilines is 1. The number of hydrazone groups is 1. The Morgan fingerprint density at radius 2 is 1.90 bits per heavy atom. The minimum absolute atomic E-state index is 0.500. The van der Waals surface area contributed by atoms with Crippen molar-refractivity contribution in [1.82, 2.24) is 5.43 Å². The molecule has 6 heteroatoms. The molecule has 0 heterocycles. The Morgan fingerprint density at radius 3 is 2.62 bits per heavy atom. The summed E-state index contributed by atoms with van der Waals surface area (Å²) in [4.78, 5) is 23.4. The van der Waals surface area contributed by atoms with Gasteiger partial charge in [-0.3, -0.25) is 9.59 Å². The third-order valence-corrected chi connectivity index (χ3v) is 3.28. The van der Waals surface area contributed by atoms with Crippen LogP contribution in [0.2, 0.25) is 0 Å². The van der Waals surface area contributed by atoms with Crippen LogP contribution in [-0.4, -0.2) is 24.6 Å². The minimum Gasteiger partial charge on any atom is -0.497 e. The maximum Gasteiger partial charge on any atom is 0.329 e. The number of amides is 2. The zero-order valence-corrected chi connectivity index (χ0v) is 12.0. The molecule has 0 radical (unpaired) electrons. The highest BCUT2D eigenvalue weighted by Gasteiger charge is 2.14. The summed E-state index contributed by atoms with van der Waals surface area (Å²) >= 11 is 0. The summed E-state index contributed by atoms with van der Waals surface area (Å²) in [6.45, 7) is 0. The van der Waals surface area contributed by atoms with Gasteiger partial charge in [-0.1, -0.05) is 12.5 Å². The van der Waals surface area contributed by atoms with Crippen LogP contribution in [-0.2, 0) is 9.59 Å². The molecule has 2 rings (SSSR count). The minimum atomic E-state index is -0.768. The Morgan fingerprint density at radius 1 is 1.14 bits per heavy atom. The Kier molecular flexibility index (Phi) is 5.31. The standard InChI is InChI=1S/C15H19N3O3/c1-21-13-9-5-8-12(10-13)16-14(19)15(20)18-17-11-6-3-2-4-7-11/h5,8-10H,2-4,6-7H2,1H3,(H,16,19)(H,18,20). The van der Waals surface area contributed by atoms with Crippen molar-refractivity contribution in [3.63, 3.8) is 0 Å². The number of benzene rings is 1. The molecule has 0 saturated heterocycles. The lowest BCUT2D eigenvalue weighted by molar-refractivity contribution is -0.136. The fourth-order valence-electron chi connectivity index (χ4n) is 2.14. The van der Waals surface area contributed by atoms with Crippen molar-refractivity contribution in [2.24, 2.45) is 5.10 Å². The normalized spacial score (nSPS) is 14.2. The van der Waals surface area contributed by atoms with Crippen molar-refractivity contribution < 1.29 is 14.3 Å². The van der Waals surface area contributed by atoms with Gasteiger partial charge in [0, 0.05) is 17.5 Å². The average Bonchev–Trinajstić information content (AvgIpc) is 2.53. The van der Waals surface area contributed by atoms with Gasteiger partial charge in [-0.15, -0.1) is 0 Å². The lowest BCUT2D eigenvalue weighted by Crippen LogP contribution is -2.33. The van der Waals surface area contributed by atoms with E-state index < -0.39 is 11.8 Å². The molecule has 0 aliphatic heterocycles. The van der Waals surface area contributed by atoms with E-state index in [1.165, 1.54) is 13.5 Å². The van der Waals surface area contributed by atoms with Gasteiger partial charge in [0.15, 0.2) is 0 Å². The molecule has 1 saturated carbocycles. The first-order chi connectivity index (χ1) is 10.2. The number of nitrogens with one attached hydrogen (secondary N) is 2. The van der Waals surface area contributed by atoms with Crippen molar-refractivity contribution in [2.75, 3.05) is 12.4 Å². The maximum atomic E-state index is 11.8. The topological polar surface area (TPSA) is 79.8 Å². The predicted octanol–water partition coefficient (Wildman–Crippen LogP) is 2.07. The van der Waals surface area contributed by atoms with Crippen LogP contribution in [0.3, 0.4) is 0 Å². The lowest BCUT2D eigenvalue weighted by Gasteiger charge is -2.12. The van der Waals surface area contributed by atoms with Crippen molar-refractivity contribution in [2.45, 2.75) is 32.1 Å². The summed E-state index contributed by atoms with van der Waals surface area (Å²) in [5, 5.41) is 6.52. The largest absolute Gasteiger partial charge is 0.497 e. The Balaban J connectivity index is 1.88. The highest BCUT2D eigenvalue weighted by atomic mass is 16.5. The Hall–Kier alpha value is -2.37. The van der Waals surface area contributed by atoms with Crippen LogP contribution in [0.4, 0.5) is 5.69 Å². The zero-order chi connectivity index (χ0) is 15.1. The van der Waals surface area contributed by atoms with Crippen LogP contribution in [0.1, 0.15) is 32.1 Å². The maximum absolute atomic E-state index is 11.8. The zero-order valence-electron chi connectivity index (χ0n) is 12.0. The van der Waals surface area contributed by atoms with E-state index in [0.29, 0.717) is 11.4 Å². The second kappa shape index (κ2) is 7.42. The van der Waals surface area contributed by atoms with E-state index in [1.807, 2.05) is 0 Å². The highest BCUT2D eigenvalue weighted by molar-refractivity contribution is 6.39. The molecular weight excluding hydrogens is 270 g/mol. The summed E-state index contributed by atoms with van der Waals surface area (Å²) in [6, 6.07) is 6.80. The van der Waals surface area contributed by atoms with Gasteiger partial charge in [0.25, 0.3) is 0 Å². The second-order valence-corrected chi connectivity index (χ2v) is 4.87. The van der Waals surface area contributed by atoms with E-state index in [0.717, 1.165) is 31.4 Å². The summed E-state index contributed by atoms with van der Waals surface area (Å²) in [5.74, 6) is -0.907. The summed E-state index contributed by atoms with van der Waals surface area (Å²) < 4.78 is 5.05. The molecule has 0 spiro atoms. The molecule has 0 bridgehead atoms. The van der Waals surface area contributed by atoms with E-state index in [4.69, 9.17) is 4.74 Å². The van der Waals surface area contributed by atoms with Crippen LogP contribution >= 0.6 is 0 Å². The van der Waals surface area contributed by atoms with E-state index >= 15 is 0 Å². The van der Waals surface area contributed by atoms with E-state index in [2.05, 4.69) is 15.8 Å². The van der Waals surface area contributed by atoms with Crippen LogP contribution in [0.15, 0.2) is 29.4 Å². The fraction of sp³-hybridized carbons (Fsp3) is 0.400. The Labute approximate surface area is 123 Å². The quantitative estimate of drug-likeness (QED) is 0.660. The lowest BCUT2D eigenvalue weighted by atomic mass is 9.99. The molecule has 1 fully saturated rings. The molecule has 2 amide bonds. The van der Waals surface area contributed by atoms with Gasteiger partial charge in [0.1, 0.15) is 5.75 Å². The van der Waals surface area contributed by atoms with Gasteiger partial charge in [-0.2, -0.15) is 5.10 Å². The first kappa shape index (κ1) is 15.0. The first-order valence-electron chi connectivity index (χ1n) is 7.00. The van der Waals surface area contributed by atoms with Crippen LogP contribution in [0, 0.1) is 0 Å². The predicted molar refractivity (Wildman–Crippen MR) is 80.3 cm³/mol. The highest BCUT2D eigenvalue weighted by Crippen LogP contribution is 2.16. The molecule has 112 valence electrons. The number of rotatable bonds is 3. The molecule has 1 aromatic rings. The second-order valence-electron chi connectivity index (χ2n) is 4.87. The fourth-order valence-corrected chi connectivity index (χ4v) is 2.14. The number of carbonyl (C=O) groups is 2. The number of nitrogens with zero attached hydrogens (tertiary/aromatic N) is 1. The molecule has 0 unspecified atom stereocenters. The van der Waals surface area contributed by atoms with E-state index in [1.54, 1.807) is 24.3 Å². The summed E-state index contributed by atoms with van der Waals surface area (Å²) in [6.07, 6.45) is 5.15. The van der Waals surface area contributed by atoms with Gasteiger partial charge in [0.2, 0.25) is 0 Å². The molecule has 1 aliphatic carbocycles. The third-order valence-electron chi connectivity index (χ3n) is 3.28. The van der Waals surface area contributed by atoms with Gasteiger partial charge < -0.3 is 10.1 Å². The van der Waals surface area contributed by atoms with Crippen molar-refractivity contribution in [3.8, 4) is 5.75 Å². The third kappa shape index (κ3) is 4.59. The molecule has 21 heavy (non-hydrogen) atoms. The van der Waals surface area contributed by atoms with Crippen molar-refractivity contribution in [1.29, 1.82) is 0 Å². The summed E-state index contributed by atoms with van der Waals surface area (Å²) in [7, 11) is 1.54. The van der Waals surface area contributed by atoms with Gasteiger partial charge >= 0.3 is 11.8 Å². The van der Waals surface area contributed by atoms with Gasteiger partial charge in [0.05, 0.1) is 7.11 Å². The van der Waals surface area contributed by atoms with E-state index in [-0.39, 0.29) is 0 Å². The van der Waals surface area contributed by atoms with Gasteiger partial charge in [-0.05, 0) is 37.8 Å². The molecule has 0 aromatic heterocycles. The molecular formula is C15H19N3O3. The van der Waals surface area contributed by atoms with Crippen molar-refractivity contribution >= 4 is 23.2 Å². The first-order valence-corrected chi connectivity index (χ1v) is 7.00. The number of carbonyl (C=O) groups excluding carboxylic acids is 2. The molecule has 0 atom stereocenters. The van der Waals surface area contributed by atoms with E-state index in [9.17, 15) is 9.59 Å². The van der Waals surface area contributed by atoms with Gasteiger partial charge in [-0.25, -0.2) is 5.43 Å². The number of ether oxygens (including phenoxy) is 1. The van der Waals surface area contributed by atoms with Crippen LogP contribution in [0.25, 0.3) is 0 Å². The Bertz CT molecular complexity index is 547.